The Labute approximate surface area is 188 Å². The first-order valence-corrected chi connectivity index (χ1v) is 12.1. The smallest absolute Gasteiger partial charge is 0.251 e. The van der Waals surface area contributed by atoms with Crippen LogP contribution >= 0.6 is 0 Å². The Kier molecular flexibility index (Phi) is 7.63. The van der Waals surface area contributed by atoms with Gasteiger partial charge in [-0.25, -0.2) is 17.5 Å². The van der Waals surface area contributed by atoms with E-state index in [2.05, 4.69) is 10.0 Å². The second-order valence-electron chi connectivity index (χ2n) is 8.24. The van der Waals surface area contributed by atoms with Crippen LogP contribution in [0.3, 0.4) is 0 Å². The van der Waals surface area contributed by atoms with Gasteiger partial charge in [-0.15, -0.1) is 0 Å². The van der Waals surface area contributed by atoms with E-state index in [1.165, 1.54) is 12.1 Å². The minimum Gasteiger partial charge on any atom is -0.341 e. The number of carbonyl (C=O) groups is 2. The van der Waals surface area contributed by atoms with E-state index in [9.17, 15) is 22.4 Å². The molecule has 0 radical (unpaired) electrons. The number of hydrogen-bond acceptors (Lipinski definition) is 4. The van der Waals surface area contributed by atoms with Crippen molar-refractivity contribution in [3.8, 4) is 0 Å². The van der Waals surface area contributed by atoms with Gasteiger partial charge in [0.2, 0.25) is 15.9 Å². The van der Waals surface area contributed by atoms with E-state index in [1.807, 2.05) is 19.9 Å². The maximum Gasteiger partial charge on any atom is 0.251 e. The molecule has 9 heteroatoms. The Hall–Kier alpha value is -2.78. The van der Waals surface area contributed by atoms with Crippen molar-refractivity contribution in [2.45, 2.75) is 43.7 Å². The molecule has 2 N–H and O–H groups in total. The van der Waals surface area contributed by atoms with Gasteiger partial charge in [0.1, 0.15) is 11.9 Å². The molecule has 0 saturated carbocycles. The van der Waals surface area contributed by atoms with Gasteiger partial charge < -0.3 is 10.2 Å². The summed E-state index contributed by atoms with van der Waals surface area (Å²) in [7, 11) is -3.77. The molecule has 0 spiro atoms. The zero-order chi connectivity index (χ0) is 23.3. The largest absolute Gasteiger partial charge is 0.341 e. The number of amides is 2. The topological polar surface area (TPSA) is 95.6 Å². The van der Waals surface area contributed by atoms with E-state index >= 15 is 0 Å². The Morgan fingerprint density at radius 2 is 1.59 bits per heavy atom. The first kappa shape index (κ1) is 23.9. The molecule has 1 aliphatic rings. The van der Waals surface area contributed by atoms with Gasteiger partial charge in [0.15, 0.2) is 0 Å². The van der Waals surface area contributed by atoms with E-state index in [1.54, 1.807) is 29.2 Å². The van der Waals surface area contributed by atoms with Gasteiger partial charge in [-0.3, -0.25) is 9.59 Å². The lowest BCUT2D eigenvalue weighted by Gasteiger charge is -2.35. The normalized spacial score (nSPS) is 16.1. The van der Waals surface area contributed by atoms with Crippen molar-refractivity contribution in [3.63, 3.8) is 0 Å². The highest BCUT2D eigenvalue weighted by Crippen LogP contribution is 2.18. The molecule has 1 heterocycles. The predicted molar refractivity (Wildman–Crippen MR) is 119 cm³/mol. The number of nitrogens with one attached hydrogen (secondary N) is 2. The number of benzene rings is 2. The van der Waals surface area contributed by atoms with Crippen LogP contribution < -0.4 is 10.0 Å². The summed E-state index contributed by atoms with van der Waals surface area (Å²) >= 11 is 0. The second kappa shape index (κ2) is 10.2. The summed E-state index contributed by atoms with van der Waals surface area (Å²) in [5.74, 6) is -1.09. The lowest BCUT2D eigenvalue weighted by molar-refractivity contribution is -0.135. The lowest BCUT2D eigenvalue weighted by atomic mass is 9.99. The Morgan fingerprint density at radius 1 is 1.00 bits per heavy atom. The lowest BCUT2D eigenvalue weighted by Crippen LogP contribution is -2.54. The number of piperidine rings is 1. The SMILES string of the molecule is CC(C)C(NC(=O)c1ccccc1)C(=O)N1CCC(NS(=O)(=O)c2ccc(F)cc2)CC1. The number of halogens is 1. The van der Waals surface area contributed by atoms with Crippen molar-refractivity contribution in [2.75, 3.05) is 13.1 Å². The molecule has 1 aliphatic heterocycles. The summed E-state index contributed by atoms with van der Waals surface area (Å²) in [6.07, 6.45) is 0.896. The fourth-order valence-corrected chi connectivity index (χ4v) is 4.95. The third-order valence-electron chi connectivity index (χ3n) is 5.51. The molecule has 1 saturated heterocycles. The van der Waals surface area contributed by atoms with E-state index in [0.29, 0.717) is 31.5 Å². The predicted octanol–water partition coefficient (Wildman–Crippen LogP) is 2.55. The molecular formula is C23H28FN3O4S. The Balaban J connectivity index is 1.58. The highest BCUT2D eigenvalue weighted by molar-refractivity contribution is 7.89. The number of carbonyl (C=O) groups excluding carboxylic acids is 2. The summed E-state index contributed by atoms with van der Waals surface area (Å²) in [6.45, 7) is 4.49. The number of hydrogen-bond donors (Lipinski definition) is 2. The minimum absolute atomic E-state index is 0.000835. The number of sulfonamides is 1. The van der Waals surface area contributed by atoms with Crippen molar-refractivity contribution < 1.29 is 22.4 Å². The van der Waals surface area contributed by atoms with Crippen LogP contribution in [0.4, 0.5) is 4.39 Å². The maximum absolute atomic E-state index is 13.1. The molecule has 1 unspecified atom stereocenters. The average Bonchev–Trinajstić information content (AvgIpc) is 2.78. The zero-order valence-electron chi connectivity index (χ0n) is 18.1. The Bertz CT molecular complexity index is 1030. The molecule has 7 nitrogen and oxygen atoms in total. The summed E-state index contributed by atoms with van der Waals surface area (Å²) in [5.41, 5.74) is 0.486. The molecule has 0 aromatic heterocycles. The highest BCUT2D eigenvalue weighted by Gasteiger charge is 2.32. The van der Waals surface area contributed by atoms with Gasteiger partial charge in [0, 0.05) is 24.7 Å². The van der Waals surface area contributed by atoms with E-state index in [0.717, 1.165) is 12.1 Å². The average molecular weight is 462 g/mol. The van der Waals surface area contributed by atoms with Crippen molar-refractivity contribution in [3.05, 3.63) is 66.0 Å². The molecule has 3 rings (SSSR count). The van der Waals surface area contributed by atoms with Gasteiger partial charge in [-0.1, -0.05) is 32.0 Å². The summed E-state index contributed by atoms with van der Waals surface area (Å²) in [5, 5.41) is 2.83. The summed E-state index contributed by atoms with van der Waals surface area (Å²) in [6, 6.07) is 12.4. The molecule has 0 bridgehead atoms. The van der Waals surface area contributed by atoms with Crippen LogP contribution in [0.15, 0.2) is 59.5 Å². The summed E-state index contributed by atoms with van der Waals surface area (Å²) < 4.78 is 40.7. The van der Waals surface area contributed by atoms with Crippen LogP contribution in [-0.2, 0) is 14.8 Å². The van der Waals surface area contributed by atoms with Gasteiger partial charge in [-0.2, -0.15) is 0 Å². The van der Waals surface area contributed by atoms with E-state index in [4.69, 9.17) is 0 Å². The summed E-state index contributed by atoms with van der Waals surface area (Å²) in [4.78, 5) is 27.3. The quantitative estimate of drug-likeness (QED) is 0.663. The van der Waals surface area contributed by atoms with Crippen molar-refractivity contribution in [1.82, 2.24) is 14.9 Å². The molecule has 0 aliphatic carbocycles. The van der Waals surface area contributed by atoms with E-state index in [-0.39, 0.29) is 28.7 Å². The number of likely N-dealkylation sites (tertiary alicyclic amines) is 1. The zero-order valence-corrected chi connectivity index (χ0v) is 18.9. The second-order valence-corrected chi connectivity index (χ2v) is 9.95. The van der Waals surface area contributed by atoms with Gasteiger partial charge in [-0.05, 0) is 55.2 Å². The van der Waals surface area contributed by atoms with E-state index < -0.39 is 21.9 Å². The van der Waals surface area contributed by atoms with Crippen molar-refractivity contribution >= 4 is 21.8 Å². The third-order valence-corrected chi connectivity index (χ3v) is 7.04. The molecule has 1 fully saturated rings. The van der Waals surface area contributed by atoms with Crippen LogP contribution in [0.2, 0.25) is 0 Å². The monoisotopic (exact) mass is 461 g/mol. The third kappa shape index (κ3) is 5.92. The fourth-order valence-electron chi connectivity index (χ4n) is 3.64. The standard InChI is InChI=1S/C23H28FN3O4S/c1-16(2)21(25-22(28)17-6-4-3-5-7-17)23(29)27-14-12-19(13-15-27)26-32(30,31)20-10-8-18(24)9-11-20/h3-11,16,19,21,26H,12-15H2,1-2H3,(H,25,28). The highest BCUT2D eigenvalue weighted by atomic mass is 32.2. The number of rotatable bonds is 7. The van der Waals surface area contributed by atoms with Crippen molar-refractivity contribution in [2.24, 2.45) is 5.92 Å². The van der Waals surface area contributed by atoms with Crippen molar-refractivity contribution in [1.29, 1.82) is 0 Å². The fraction of sp³-hybridized carbons (Fsp3) is 0.391. The van der Waals surface area contributed by atoms with Gasteiger partial charge in [0.25, 0.3) is 5.91 Å². The first-order chi connectivity index (χ1) is 15.2. The minimum atomic E-state index is -3.77. The molecule has 1 atom stereocenters. The molecular weight excluding hydrogens is 433 g/mol. The maximum atomic E-state index is 13.1. The Morgan fingerprint density at radius 3 is 2.16 bits per heavy atom. The van der Waals surface area contributed by atoms with Crippen LogP contribution in [0.1, 0.15) is 37.0 Å². The molecule has 32 heavy (non-hydrogen) atoms. The molecule has 172 valence electrons. The first-order valence-electron chi connectivity index (χ1n) is 10.6. The van der Waals surface area contributed by atoms with Crippen LogP contribution in [0.25, 0.3) is 0 Å². The molecule has 2 amide bonds. The van der Waals surface area contributed by atoms with Crippen LogP contribution in [0, 0.1) is 11.7 Å². The number of nitrogens with zero attached hydrogens (tertiary/aromatic N) is 1. The van der Waals surface area contributed by atoms with Gasteiger partial charge in [0.05, 0.1) is 4.90 Å². The molecule has 2 aromatic carbocycles. The van der Waals surface area contributed by atoms with Gasteiger partial charge >= 0.3 is 0 Å². The van der Waals surface area contributed by atoms with Crippen LogP contribution in [-0.4, -0.2) is 50.3 Å². The van der Waals surface area contributed by atoms with Crippen LogP contribution in [0.5, 0.6) is 0 Å². The molecule has 2 aromatic rings.